The van der Waals surface area contributed by atoms with Crippen LogP contribution in [-0.4, -0.2) is 11.7 Å². The summed E-state index contributed by atoms with van der Waals surface area (Å²) in [6.07, 6.45) is 0. The van der Waals surface area contributed by atoms with Crippen molar-refractivity contribution in [3.05, 3.63) is 24.3 Å². The zero-order valence-electron chi connectivity index (χ0n) is 6.37. The number of phenols is 1. The maximum atomic E-state index is 8.94. The summed E-state index contributed by atoms with van der Waals surface area (Å²) in [7, 11) is 0.390. The van der Waals surface area contributed by atoms with Crippen molar-refractivity contribution in [3.63, 3.8) is 0 Å². The average Bonchev–Trinajstić information content (AvgIpc) is 2.04. The highest BCUT2D eigenvalue weighted by Crippen LogP contribution is 2.13. The first kappa shape index (κ1) is 8.51. The molecule has 1 atom stereocenters. The van der Waals surface area contributed by atoms with Gasteiger partial charge < -0.3 is 9.63 Å². The molecule has 0 bridgehead atoms. The van der Waals surface area contributed by atoms with Crippen molar-refractivity contribution in [2.45, 2.75) is 6.92 Å². The number of hydrogen-bond acceptors (Lipinski definition) is 2. The molecule has 0 aliphatic heterocycles. The zero-order chi connectivity index (χ0) is 8.10. The minimum Gasteiger partial charge on any atom is -0.508 e. The minimum absolute atomic E-state index is 0.301. The van der Waals surface area contributed by atoms with Crippen LogP contribution in [0.25, 0.3) is 0 Å². The Morgan fingerprint density at radius 2 is 2.00 bits per heavy atom. The van der Waals surface area contributed by atoms with Crippen LogP contribution < -0.4 is 5.30 Å². The smallest absolute Gasteiger partial charge is 0.115 e. The fourth-order valence-electron chi connectivity index (χ4n) is 0.685. The summed E-state index contributed by atoms with van der Waals surface area (Å²) in [4.78, 5) is 0. The Kier molecular flexibility index (Phi) is 3.34. The molecule has 1 unspecified atom stereocenters. The number of phenolic OH excluding ortho intramolecular Hbond substituents is 1. The predicted octanol–water partition coefficient (Wildman–Crippen LogP) is 1.65. The topological polar surface area (TPSA) is 29.5 Å². The Labute approximate surface area is 68.1 Å². The number of aromatic hydroxyl groups is 1. The summed E-state index contributed by atoms with van der Waals surface area (Å²) in [5.41, 5.74) is 0. The molecule has 0 spiro atoms. The van der Waals surface area contributed by atoms with E-state index in [4.69, 9.17) is 9.63 Å². The molecule has 1 N–H and O–H groups in total. The van der Waals surface area contributed by atoms with Crippen LogP contribution in [-0.2, 0) is 4.52 Å². The Morgan fingerprint density at radius 1 is 1.36 bits per heavy atom. The van der Waals surface area contributed by atoms with E-state index in [0.29, 0.717) is 14.6 Å². The van der Waals surface area contributed by atoms with Gasteiger partial charge >= 0.3 is 0 Å². The minimum atomic E-state index is 0.301. The second kappa shape index (κ2) is 4.32. The van der Waals surface area contributed by atoms with E-state index in [1.807, 2.05) is 19.1 Å². The zero-order valence-corrected chi connectivity index (χ0v) is 7.37. The molecule has 0 heterocycles. The molecule has 0 amide bonds. The van der Waals surface area contributed by atoms with E-state index in [0.717, 1.165) is 11.9 Å². The van der Waals surface area contributed by atoms with Crippen molar-refractivity contribution in [1.29, 1.82) is 0 Å². The van der Waals surface area contributed by atoms with Crippen LogP contribution in [0.2, 0.25) is 0 Å². The van der Waals surface area contributed by atoms with Gasteiger partial charge in [-0.2, -0.15) is 0 Å². The molecule has 0 radical (unpaired) electrons. The summed E-state index contributed by atoms with van der Waals surface area (Å²) >= 11 is 0. The quantitative estimate of drug-likeness (QED) is 0.699. The summed E-state index contributed by atoms with van der Waals surface area (Å²) in [5.74, 6) is 0.301. The maximum absolute atomic E-state index is 8.94. The normalized spacial score (nSPS) is 11.0. The maximum Gasteiger partial charge on any atom is 0.115 e. The van der Waals surface area contributed by atoms with Crippen molar-refractivity contribution in [1.82, 2.24) is 0 Å². The van der Waals surface area contributed by atoms with Gasteiger partial charge in [0.2, 0.25) is 0 Å². The van der Waals surface area contributed by atoms with Crippen LogP contribution in [0.15, 0.2) is 24.3 Å². The van der Waals surface area contributed by atoms with Gasteiger partial charge in [0.25, 0.3) is 0 Å². The molecule has 0 fully saturated rings. The highest BCUT2D eigenvalue weighted by atomic mass is 31.1. The van der Waals surface area contributed by atoms with Crippen molar-refractivity contribution in [2.24, 2.45) is 0 Å². The van der Waals surface area contributed by atoms with E-state index in [2.05, 4.69) is 0 Å². The fourth-order valence-corrected chi connectivity index (χ4v) is 1.30. The molecule has 2 nitrogen and oxygen atoms in total. The Morgan fingerprint density at radius 3 is 2.55 bits per heavy atom. The van der Waals surface area contributed by atoms with Gasteiger partial charge in [-0.15, -0.1) is 0 Å². The Hall–Kier alpha value is -0.590. The van der Waals surface area contributed by atoms with Crippen molar-refractivity contribution < 1.29 is 9.63 Å². The first-order valence-corrected chi connectivity index (χ1v) is 4.40. The summed E-state index contributed by atoms with van der Waals surface area (Å²) in [6.45, 7) is 2.70. The second-order valence-electron chi connectivity index (χ2n) is 2.08. The van der Waals surface area contributed by atoms with Crippen LogP contribution in [0.5, 0.6) is 5.75 Å². The lowest BCUT2D eigenvalue weighted by molar-refractivity contribution is 0.394. The molecule has 3 heteroatoms. The first-order valence-electron chi connectivity index (χ1n) is 3.49. The van der Waals surface area contributed by atoms with E-state index >= 15 is 0 Å². The van der Waals surface area contributed by atoms with Crippen LogP contribution in [0, 0.1) is 0 Å². The lowest BCUT2D eigenvalue weighted by Gasteiger charge is -1.99. The van der Waals surface area contributed by atoms with Crippen molar-refractivity contribution >= 4 is 14.1 Å². The fraction of sp³-hybridized carbons (Fsp3) is 0.250. The molecule has 1 aromatic carbocycles. The van der Waals surface area contributed by atoms with Crippen molar-refractivity contribution in [2.75, 3.05) is 6.61 Å². The van der Waals surface area contributed by atoms with Gasteiger partial charge in [0, 0.05) is 15.4 Å². The van der Waals surface area contributed by atoms with Gasteiger partial charge in [0.1, 0.15) is 5.75 Å². The van der Waals surface area contributed by atoms with Gasteiger partial charge in [-0.1, -0.05) is 0 Å². The van der Waals surface area contributed by atoms with Gasteiger partial charge in [-0.3, -0.25) is 0 Å². The summed E-state index contributed by atoms with van der Waals surface area (Å²) in [5, 5.41) is 10.1. The van der Waals surface area contributed by atoms with E-state index in [1.54, 1.807) is 12.1 Å². The number of hydrogen-bond donors (Lipinski definition) is 1. The molecular weight excluding hydrogens is 159 g/mol. The Balaban J connectivity index is 2.52. The molecular formula is C8H11O2P. The van der Waals surface area contributed by atoms with Gasteiger partial charge in [0.15, 0.2) is 0 Å². The molecule has 1 rings (SSSR count). The molecule has 60 valence electrons. The lowest BCUT2D eigenvalue weighted by Crippen LogP contribution is -1.92. The lowest BCUT2D eigenvalue weighted by atomic mass is 10.3. The van der Waals surface area contributed by atoms with E-state index in [9.17, 15) is 0 Å². The monoisotopic (exact) mass is 170 g/mol. The Bertz CT molecular complexity index is 208. The third kappa shape index (κ3) is 2.87. The van der Waals surface area contributed by atoms with Gasteiger partial charge in [0.05, 0.1) is 0 Å². The predicted molar refractivity (Wildman–Crippen MR) is 47.7 cm³/mol. The average molecular weight is 170 g/mol. The SMILES string of the molecule is CCOPc1ccc(O)cc1. The third-order valence-electron chi connectivity index (χ3n) is 1.20. The van der Waals surface area contributed by atoms with Crippen molar-refractivity contribution in [3.8, 4) is 5.75 Å². The van der Waals surface area contributed by atoms with E-state index in [-0.39, 0.29) is 0 Å². The van der Waals surface area contributed by atoms with Gasteiger partial charge in [-0.05, 0) is 36.5 Å². The van der Waals surface area contributed by atoms with Crippen LogP contribution in [0.3, 0.4) is 0 Å². The third-order valence-corrected chi connectivity index (χ3v) is 2.20. The molecule has 0 aliphatic carbocycles. The van der Waals surface area contributed by atoms with Crippen LogP contribution >= 0.6 is 8.81 Å². The molecule has 1 aromatic rings. The second-order valence-corrected chi connectivity index (χ2v) is 3.15. The molecule has 0 aliphatic rings. The summed E-state index contributed by atoms with van der Waals surface area (Å²) in [6, 6.07) is 7.07. The van der Waals surface area contributed by atoms with E-state index < -0.39 is 0 Å². The highest BCUT2D eigenvalue weighted by Gasteiger charge is 1.91. The highest BCUT2D eigenvalue weighted by molar-refractivity contribution is 7.41. The molecule has 0 saturated carbocycles. The number of rotatable bonds is 3. The van der Waals surface area contributed by atoms with Crippen LogP contribution in [0.1, 0.15) is 6.92 Å². The molecule has 0 saturated heterocycles. The largest absolute Gasteiger partial charge is 0.508 e. The molecule has 0 aromatic heterocycles. The van der Waals surface area contributed by atoms with Crippen LogP contribution in [0.4, 0.5) is 0 Å². The standard InChI is InChI=1S/C8H11O2P/c1-2-10-11-8-5-3-7(9)4-6-8/h3-6,9,11H,2H2,1H3. The number of benzene rings is 1. The van der Waals surface area contributed by atoms with E-state index in [1.165, 1.54) is 0 Å². The van der Waals surface area contributed by atoms with Gasteiger partial charge in [-0.25, -0.2) is 0 Å². The molecule has 11 heavy (non-hydrogen) atoms. The first-order chi connectivity index (χ1) is 5.33. The summed E-state index contributed by atoms with van der Waals surface area (Å²) < 4.78 is 5.21.